The number of rotatable bonds is 4. The number of phenols is 1. The van der Waals surface area contributed by atoms with Crippen molar-refractivity contribution in [1.82, 2.24) is 9.21 Å². The zero-order valence-electron chi connectivity index (χ0n) is 15.6. The van der Waals surface area contributed by atoms with Crippen molar-refractivity contribution in [2.24, 2.45) is 0 Å². The van der Waals surface area contributed by atoms with Crippen molar-refractivity contribution < 1.29 is 28.2 Å². The van der Waals surface area contributed by atoms with Crippen LogP contribution in [-0.4, -0.2) is 60.1 Å². The number of hydrogen-bond donors (Lipinski definition) is 2. The van der Waals surface area contributed by atoms with Gasteiger partial charge < -0.3 is 19.8 Å². The summed E-state index contributed by atoms with van der Waals surface area (Å²) in [5, 5.41) is 18.9. The van der Waals surface area contributed by atoms with E-state index in [2.05, 4.69) is 0 Å². The van der Waals surface area contributed by atoms with Crippen LogP contribution < -0.4 is 4.74 Å². The molecule has 0 unspecified atom stereocenters. The van der Waals surface area contributed by atoms with Crippen molar-refractivity contribution in [1.29, 1.82) is 0 Å². The Labute approximate surface area is 163 Å². The number of amides is 1. The highest BCUT2D eigenvalue weighted by molar-refractivity contribution is 7.89. The largest absolute Gasteiger partial charge is 0.508 e. The van der Waals surface area contributed by atoms with Gasteiger partial charge in [-0.25, -0.2) is 13.2 Å². The van der Waals surface area contributed by atoms with E-state index in [1.54, 1.807) is 12.1 Å². The van der Waals surface area contributed by atoms with Crippen LogP contribution in [0.5, 0.6) is 17.2 Å². The van der Waals surface area contributed by atoms with Crippen molar-refractivity contribution in [3.8, 4) is 17.2 Å². The SMILES string of the molecule is Cc1cc(C)cc(Oc2ccc(O)cc2S(=O)(=O)N2CCN(C(=O)O)CC2)c1. The number of benzene rings is 2. The summed E-state index contributed by atoms with van der Waals surface area (Å²) in [6.45, 7) is 4.06. The standard InChI is InChI=1S/C19H22N2O6S/c1-13-9-14(2)11-16(10-13)27-17-4-3-15(22)12-18(17)28(25,26)21-7-5-20(6-8-21)19(23)24/h3-4,9-12,22H,5-8H2,1-2H3,(H,23,24). The molecule has 2 aromatic carbocycles. The van der Waals surface area contributed by atoms with Gasteiger partial charge in [0.2, 0.25) is 10.0 Å². The van der Waals surface area contributed by atoms with Gasteiger partial charge in [-0.3, -0.25) is 0 Å². The second-order valence-electron chi connectivity index (χ2n) is 6.73. The van der Waals surface area contributed by atoms with Gasteiger partial charge in [-0.2, -0.15) is 4.31 Å². The van der Waals surface area contributed by atoms with E-state index in [0.29, 0.717) is 5.75 Å². The third kappa shape index (κ3) is 4.20. The van der Waals surface area contributed by atoms with Crippen molar-refractivity contribution in [2.45, 2.75) is 18.7 Å². The molecule has 3 rings (SSSR count). The van der Waals surface area contributed by atoms with Crippen molar-refractivity contribution in [3.63, 3.8) is 0 Å². The van der Waals surface area contributed by atoms with E-state index in [9.17, 15) is 18.3 Å². The van der Waals surface area contributed by atoms with Crippen molar-refractivity contribution in [3.05, 3.63) is 47.5 Å². The molecule has 2 aromatic rings. The molecule has 0 bridgehead atoms. The summed E-state index contributed by atoms with van der Waals surface area (Å²) in [5.74, 6) is 0.398. The first kappa shape index (κ1) is 20.0. The molecule has 9 heteroatoms. The lowest BCUT2D eigenvalue weighted by molar-refractivity contribution is 0.126. The molecular formula is C19H22N2O6S. The van der Waals surface area contributed by atoms with E-state index in [1.165, 1.54) is 21.3 Å². The number of carbonyl (C=O) groups is 1. The Bertz CT molecular complexity index is 977. The molecule has 0 radical (unpaired) electrons. The summed E-state index contributed by atoms with van der Waals surface area (Å²) in [4.78, 5) is 12.1. The molecule has 0 aromatic heterocycles. The van der Waals surface area contributed by atoms with Gasteiger partial charge in [0.05, 0.1) is 0 Å². The molecule has 1 saturated heterocycles. The number of piperazine rings is 1. The molecule has 0 atom stereocenters. The van der Waals surface area contributed by atoms with Crippen LogP contribution >= 0.6 is 0 Å². The van der Waals surface area contributed by atoms with Crippen LogP contribution in [0.15, 0.2) is 41.3 Å². The van der Waals surface area contributed by atoms with Crippen LogP contribution in [0, 0.1) is 13.8 Å². The molecule has 0 spiro atoms. The zero-order valence-corrected chi connectivity index (χ0v) is 16.4. The fourth-order valence-corrected chi connectivity index (χ4v) is 4.72. The van der Waals surface area contributed by atoms with E-state index in [-0.39, 0.29) is 42.6 Å². The van der Waals surface area contributed by atoms with Gasteiger partial charge in [0.1, 0.15) is 22.1 Å². The summed E-state index contributed by atoms with van der Waals surface area (Å²) in [7, 11) is -3.98. The van der Waals surface area contributed by atoms with Gasteiger partial charge in [-0.1, -0.05) is 6.07 Å². The summed E-state index contributed by atoms with van der Waals surface area (Å²) in [5.41, 5.74) is 1.95. The smallest absolute Gasteiger partial charge is 0.407 e. The first-order valence-electron chi connectivity index (χ1n) is 8.74. The number of aryl methyl sites for hydroxylation is 2. The monoisotopic (exact) mass is 406 g/mol. The van der Waals surface area contributed by atoms with Crippen LogP contribution in [0.1, 0.15) is 11.1 Å². The zero-order chi connectivity index (χ0) is 20.5. The number of ether oxygens (including phenoxy) is 1. The van der Waals surface area contributed by atoms with Crippen molar-refractivity contribution >= 4 is 16.1 Å². The molecule has 1 amide bonds. The molecule has 1 fully saturated rings. The Morgan fingerprint density at radius 2 is 1.61 bits per heavy atom. The van der Waals surface area contributed by atoms with Crippen LogP contribution in [0.4, 0.5) is 4.79 Å². The molecule has 2 N–H and O–H groups in total. The van der Waals surface area contributed by atoms with Crippen LogP contribution in [0.25, 0.3) is 0 Å². The predicted octanol–water partition coefficient (Wildman–Crippen LogP) is 2.79. The highest BCUT2D eigenvalue weighted by Gasteiger charge is 2.32. The number of hydrogen-bond acceptors (Lipinski definition) is 5. The summed E-state index contributed by atoms with van der Waals surface area (Å²) >= 11 is 0. The second-order valence-corrected chi connectivity index (χ2v) is 8.64. The van der Waals surface area contributed by atoms with Gasteiger partial charge >= 0.3 is 6.09 Å². The fraction of sp³-hybridized carbons (Fsp3) is 0.316. The highest BCUT2D eigenvalue weighted by atomic mass is 32.2. The van der Waals surface area contributed by atoms with Crippen molar-refractivity contribution in [2.75, 3.05) is 26.2 Å². The molecule has 150 valence electrons. The van der Waals surface area contributed by atoms with E-state index >= 15 is 0 Å². The summed E-state index contributed by atoms with van der Waals surface area (Å²) in [6, 6.07) is 9.48. The molecule has 1 heterocycles. The van der Waals surface area contributed by atoms with E-state index in [0.717, 1.165) is 17.2 Å². The van der Waals surface area contributed by atoms with Gasteiger partial charge in [-0.05, 0) is 49.2 Å². The van der Waals surface area contributed by atoms with Crippen LogP contribution in [0.3, 0.4) is 0 Å². The lowest BCUT2D eigenvalue weighted by Crippen LogP contribution is -2.50. The number of sulfonamides is 1. The number of aromatic hydroxyl groups is 1. The third-order valence-corrected chi connectivity index (χ3v) is 6.40. The summed E-state index contributed by atoms with van der Waals surface area (Å²) < 4.78 is 33.3. The molecule has 1 aliphatic heterocycles. The topological polar surface area (TPSA) is 107 Å². The lowest BCUT2D eigenvalue weighted by atomic mass is 10.1. The average molecular weight is 406 g/mol. The summed E-state index contributed by atoms with van der Waals surface area (Å²) in [6.07, 6.45) is -1.08. The first-order chi connectivity index (χ1) is 13.2. The van der Waals surface area contributed by atoms with Gasteiger partial charge in [0.25, 0.3) is 0 Å². The maximum atomic E-state index is 13.1. The minimum atomic E-state index is -3.98. The normalized spacial score (nSPS) is 15.4. The van der Waals surface area contributed by atoms with Gasteiger partial charge in [0.15, 0.2) is 0 Å². The number of phenolic OH excluding ortho intramolecular Hbond substituents is 1. The Morgan fingerprint density at radius 1 is 1.00 bits per heavy atom. The molecule has 0 aliphatic carbocycles. The Kier molecular flexibility index (Phi) is 5.48. The second kappa shape index (κ2) is 7.69. The van der Waals surface area contributed by atoms with Crippen LogP contribution in [-0.2, 0) is 10.0 Å². The maximum absolute atomic E-state index is 13.1. The first-order valence-corrected chi connectivity index (χ1v) is 10.2. The molecule has 8 nitrogen and oxygen atoms in total. The quantitative estimate of drug-likeness (QED) is 0.808. The van der Waals surface area contributed by atoms with E-state index in [1.807, 2.05) is 19.9 Å². The van der Waals surface area contributed by atoms with E-state index in [4.69, 9.17) is 9.84 Å². The Hall–Kier alpha value is -2.78. The third-order valence-electron chi connectivity index (χ3n) is 4.48. The number of nitrogens with zero attached hydrogens (tertiary/aromatic N) is 2. The minimum absolute atomic E-state index is 0.0350. The lowest BCUT2D eigenvalue weighted by Gasteiger charge is -2.32. The average Bonchev–Trinajstić information content (AvgIpc) is 2.62. The van der Waals surface area contributed by atoms with Crippen LogP contribution in [0.2, 0.25) is 0 Å². The Morgan fingerprint density at radius 3 is 2.18 bits per heavy atom. The van der Waals surface area contributed by atoms with Gasteiger partial charge in [-0.15, -0.1) is 0 Å². The predicted molar refractivity (Wildman–Crippen MR) is 102 cm³/mol. The fourth-order valence-electron chi connectivity index (χ4n) is 3.16. The maximum Gasteiger partial charge on any atom is 0.407 e. The van der Waals surface area contributed by atoms with E-state index < -0.39 is 16.1 Å². The van der Waals surface area contributed by atoms with Gasteiger partial charge in [0, 0.05) is 32.2 Å². The Balaban J connectivity index is 1.92. The molecule has 0 saturated carbocycles. The molecular weight excluding hydrogens is 384 g/mol. The molecule has 1 aliphatic rings. The molecule has 28 heavy (non-hydrogen) atoms. The highest BCUT2D eigenvalue weighted by Crippen LogP contribution is 2.34. The number of carboxylic acid groups (broad SMARTS) is 1. The minimum Gasteiger partial charge on any atom is -0.508 e.